The highest BCUT2D eigenvalue weighted by Gasteiger charge is 2.05. The number of hydrogen-bond donors (Lipinski definition) is 1. The fourth-order valence-corrected chi connectivity index (χ4v) is 2.66. The SMILES string of the molecule is O=C(Cc1ccsc1)Nc1cccc(CCCCl)c1. The lowest BCUT2D eigenvalue weighted by Gasteiger charge is -2.06. The van der Waals surface area contributed by atoms with Crippen molar-refractivity contribution in [3.63, 3.8) is 0 Å². The standard InChI is InChI=1S/C15H16ClNOS/c16-7-2-4-12-3-1-5-14(9-12)17-15(18)10-13-6-8-19-11-13/h1,3,5-6,8-9,11H,2,4,7,10H2,(H,17,18). The Labute approximate surface area is 122 Å². The van der Waals surface area contributed by atoms with Crippen molar-refractivity contribution in [2.24, 2.45) is 0 Å². The van der Waals surface area contributed by atoms with Gasteiger partial charge in [0.2, 0.25) is 5.91 Å². The Hall–Kier alpha value is -1.32. The first-order valence-electron chi connectivity index (χ1n) is 6.24. The van der Waals surface area contributed by atoms with Crippen LogP contribution in [0.15, 0.2) is 41.1 Å². The molecule has 0 radical (unpaired) electrons. The molecule has 0 saturated carbocycles. The Morgan fingerprint density at radius 2 is 2.16 bits per heavy atom. The van der Waals surface area contributed by atoms with Crippen LogP contribution < -0.4 is 5.32 Å². The van der Waals surface area contributed by atoms with Crippen LogP contribution >= 0.6 is 22.9 Å². The number of thiophene rings is 1. The van der Waals surface area contributed by atoms with E-state index in [-0.39, 0.29) is 5.91 Å². The van der Waals surface area contributed by atoms with Crippen molar-refractivity contribution in [2.45, 2.75) is 19.3 Å². The van der Waals surface area contributed by atoms with Gasteiger partial charge >= 0.3 is 0 Å². The van der Waals surface area contributed by atoms with E-state index in [1.807, 2.05) is 35.0 Å². The van der Waals surface area contributed by atoms with Crippen molar-refractivity contribution in [3.8, 4) is 0 Å². The first-order chi connectivity index (χ1) is 9.28. The summed E-state index contributed by atoms with van der Waals surface area (Å²) in [5.74, 6) is 0.683. The van der Waals surface area contributed by atoms with E-state index in [1.54, 1.807) is 11.3 Å². The molecule has 1 N–H and O–H groups in total. The Morgan fingerprint density at radius 3 is 2.89 bits per heavy atom. The lowest BCUT2D eigenvalue weighted by atomic mass is 10.1. The second-order valence-electron chi connectivity index (χ2n) is 4.35. The van der Waals surface area contributed by atoms with Crippen LogP contribution in [0.2, 0.25) is 0 Å². The van der Waals surface area contributed by atoms with Crippen LogP contribution in [0.3, 0.4) is 0 Å². The molecule has 2 aromatic rings. The Kier molecular flexibility index (Phi) is 5.43. The quantitative estimate of drug-likeness (QED) is 0.798. The normalized spacial score (nSPS) is 10.4. The van der Waals surface area contributed by atoms with E-state index in [4.69, 9.17) is 11.6 Å². The number of carbonyl (C=O) groups excluding carboxylic acids is 1. The summed E-state index contributed by atoms with van der Waals surface area (Å²) in [6, 6.07) is 9.92. The number of carbonyl (C=O) groups is 1. The van der Waals surface area contributed by atoms with Gasteiger partial charge in [0.1, 0.15) is 0 Å². The van der Waals surface area contributed by atoms with Crippen LogP contribution in [0.4, 0.5) is 5.69 Å². The molecule has 4 heteroatoms. The van der Waals surface area contributed by atoms with E-state index in [2.05, 4.69) is 11.4 Å². The molecule has 1 amide bonds. The van der Waals surface area contributed by atoms with Crippen LogP contribution in [0.5, 0.6) is 0 Å². The Morgan fingerprint density at radius 1 is 1.26 bits per heavy atom. The monoisotopic (exact) mass is 293 g/mol. The first-order valence-corrected chi connectivity index (χ1v) is 7.71. The first kappa shape index (κ1) is 14.1. The topological polar surface area (TPSA) is 29.1 Å². The second-order valence-corrected chi connectivity index (χ2v) is 5.51. The molecular weight excluding hydrogens is 278 g/mol. The van der Waals surface area contributed by atoms with E-state index < -0.39 is 0 Å². The maximum Gasteiger partial charge on any atom is 0.228 e. The van der Waals surface area contributed by atoms with Crippen LogP contribution in [-0.2, 0) is 17.6 Å². The smallest absolute Gasteiger partial charge is 0.228 e. The summed E-state index contributed by atoms with van der Waals surface area (Å²) in [6.07, 6.45) is 2.32. The van der Waals surface area contributed by atoms with E-state index in [0.717, 1.165) is 24.1 Å². The third-order valence-electron chi connectivity index (χ3n) is 2.75. The summed E-state index contributed by atoms with van der Waals surface area (Å²) in [5.41, 5.74) is 3.11. The molecule has 1 aromatic carbocycles. The number of rotatable bonds is 6. The van der Waals surface area contributed by atoms with Gasteiger partial charge in [-0.15, -0.1) is 11.6 Å². The molecule has 2 rings (SSSR count). The van der Waals surface area contributed by atoms with Crippen LogP contribution in [-0.4, -0.2) is 11.8 Å². The average molecular weight is 294 g/mol. The van der Waals surface area contributed by atoms with E-state index in [9.17, 15) is 4.79 Å². The molecule has 0 spiro atoms. The van der Waals surface area contributed by atoms with Crippen molar-refractivity contribution in [2.75, 3.05) is 11.2 Å². The fraction of sp³-hybridized carbons (Fsp3) is 0.267. The number of benzene rings is 1. The second kappa shape index (κ2) is 7.31. The van der Waals surface area contributed by atoms with E-state index in [0.29, 0.717) is 12.3 Å². The molecule has 0 bridgehead atoms. The lowest BCUT2D eigenvalue weighted by Crippen LogP contribution is -2.14. The molecule has 0 fully saturated rings. The zero-order valence-electron chi connectivity index (χ0n) is 10.6. The molecule has 0 atom stereocenters. The number of amides is 1. The predicted octanol–water partition coefficient (Wildman–Crippen LogP) is 4.10. The molecule has 1 heterocycles. The van der Waals surface area contributed by atoms with Crippen molar-refractivity contribution < 1.29 is 4.79 Å². The maximum absolute atomic E-state index is 11.9. The van der Waals surface area contributed by atoms with E-state index >= 15 is 0 Å². The van der Waals surface area contributed by atoms with Gasteiger partial charge in [-0.1, -0.05) is 12.1 Å². The van der Waals surface area contributed by atoms with Gasteiger partial charge < -0.3 is 5.32 Å². The highest BCUT2D eigenvalue weighted by molar-refractivity contribution is 7.08. The number of hydrogen-bond acceptors (Lipinski definition) is 2. The fourth-order valence-electron chi connectivity index (χ4n) is 1.86. The number of aryl methyl sites for hydroxylation is 1. The third-order valence-corrected chi connectivity index (χ3v) is 3.75. The summed E-state index contributed by atoms with van der Waals surface area (Å²) in [7, 11) is 0. The summed E-state index contributed by atoms with van der Waals surface area (Å²) >= 11 is 7.29. The predicted molar refractivity (Wildman–Crippen MR) is 82.1 cm³/mol. The number of halogens is 1. The third kappa shape index (κ3) is 4.69. The number of alkyl halides is 1. The molecule has 0 unspecified atom stereocenters. The molecule has 19 heavy (non-hydrogen) atoms. The van der Waals surface area contributed by atoms with Gasteiger partial charge in [0.25, 0.3) is 0 Å². The van der Waals surface area contributed by atoms with Gasteiger partial charge in [-0.3, -0.25) is 4.79 Å². The molecule has 0 saturated heterocycles. The van der Waals surface area contributed by atoms with Gasteiger partial charge in [0.15, 0.2) is 0 Å². The zero-order valence-corrected chi connectivity index (χ0v) is 12.1. The molecule has 0 aliphatic heterocycles. The average Bonchev–Trinajstić information content (AvgIpc) is 2.89. The highest BCUT2D eigenvalue weighted by atomic mass is 35.5. The van der Waals surface area contributed by atoms with Crippen molar-refractivity contribution in [1.29, 1.82) is 0 Å². The number of nitrogens with one attached hydrogen (secondary N) is 1. The van der Waals surface area contributed by atoms with Crippen LogP contribution in [0, 0.1) is 0 Å². The lowest BCUT2D eigenvalue weighted by molar-refractivity contribution is -0.115. The molecule has 2 nitrogen and oxygen atoms in total. The van der Waals surface area contributed by atoms with Crippen LogP contribution in [0.25, 0.3) is 0 Å². The highest BCUT2D eigenvalue weighted by Crippen LogP contribution is 2.14. The maximum atomic E-state index is 11.9. The number of anilines is 1. The summed E-state index contributed by atoms with van der Waals surface area (Å²) < 4.78 is 0. The van der Waals surface area contributed by atoms with Gasteiger partial charge in [0.05, 0.1) is 6.42 Å². The molecule has 0 aliphatic rings. The molecule has 100 valence electrons. The molecular formula is C15H16ClNOS. The summed E-state index contributed by atoms with van der Waals surface area (Å²) in [6.45, 7) is 0. The molecule has 1 aromatic heterocycles. The largest absolute Gasteiger partial charge is 0.326 e. The zero-order chi connectivity index (χ0) is 13.5. The minimum Gasteiger partial charge on any atom is -0.326 e. The summed E-state index contributed by atoms with van der Waals surface area (Å²) in [5, 5.41) is 6.91. The molecule has 0 aliphatic carbocycles. The van der Waals surface area contributed by atoms with Gasteiger partial charge in [-0.2, -0.15) is 11.3 Å². The van der Waals surface area contributed by atoms with Crippen molar-refractivity contribution in [1.82, 2.24) is 0 Å². The van der Waals surface area contributed by atoms with E-state index in [1.165, 1.54) is 5.56 Å². The minimum atomic E-state index is 0.0212. The minimum absolute atomic E-state index is 0.0212. The van der Waals surface area contributed by atoms with Gasteiger partial charge in [-0.25, -0.2) is 0 Å². The van der Waals surface area contributed by atoms with Crippen molar-refractivity contribution in [3.05, 3.63) is 52.2 Å². The van der Waals surface area contributed by atoms with Crippen LogP contribution in [0.1, 0.15) is 17.5 Å². The van der Waals surface area contributed by atoms with Gasteiger partial charge in [-0.05, 0) is 52.9 Å². The Bertz CT molecular complexity index is 525. The van der Waals surface area contributed by atoms with Gasteiger partial charge in [0, 0.05) is 11.6 Å². The summed E-state index contributed by atoms with van der Waals surface area (Å²) in [4.78, 5) is 11.9. The van der Waals surface area contributed by atoms with Crippen molar-refractivity contribution >= 4 is 34.5 Å². The Balaban J connectivity index is 1.92.